The second-order valence-electron chi connectivity index (χ2n) is 7.56. The smallest absolute Gasteiger partial charge is 0.257 e. The first-order valence-electron chi connectivity index (χ1n) is 9.95. The van der Waals surface area contributed by atoms with Crippen LogP contribution in [0.1, 0.15) is 31.1 Å². The summed E-state index contributed by atoms with van der Waals surface area (Å²) in [4.78, 5) is 2.84. The second kappa shape index (κ2) is 7.96. The van der Waals surface area contributed by atoms with E-state index in [9.17, 15) is 8.42 Å². The van der Waals surface area contributed by atoms with Crippen molar-refractivity contribution in [1.82, 2.24) is 14.5 Å². The zero-order valence-electron chi connectivity index (χ0n) is 16.2. The molecule has 0 radical (unpaired) electrons. The van der Waals surface area contributed by atoms with Gasteiger partial charge in [0.25, 0.3) is 15.9 Å². The summed E-state index contributed by atoms with van der Waals surface area (Å²) in [6.07, 6.45) is 3.34. The predicted octanol–water partition coefficient (Wildman–Crippen LogP) is 4.23. The highest BCUT2D eigenvalue weighted by atomic mass is 35.5. The number of rotatable bonds is 5. The quantitative estimate of drug-likeness (QED) is 0.562. The van der Waals surface area contributed by atoms with E-state index in [0.717, 1.165) is 18.5 Å². The van der Waals surface area contributed by atoms with E-state index in [0.29, 0.717) is 58.0 Å². The minimum Gasteiger partial charge on any atom is -0.420 e. The van der Waals surface area contributed by atoms with Crippen LogP contribution in [0.15, 0.2) is 45.0 Å². The number of halogens is 1. The monoisotopic (exact) mass is 464 g/mol. The molecular weight excluding hydrogens is 444 g/mol. The lowest BCUT2D eigenvalue weighted by Crippen LogP contribution is -2.48. The molecule has 1 saturated heterocycles. The first-order valence-corrected chi connectivity index (χ1v) is 12.6. The van der Waals surface area contributed by atoms with Crippen molar-refractivity contribution in [3.63, 3.8) is 0 Å². The standard InChI is InChI=1S/C20H21ClN4O3S2/c21-15-5-2-6-16(13-15)24-9-11-25(12-10-24)30(26,27)18-8-7-17(29-18)20-23-22-19(28-20)14-3-1-4-14/h2,5-8,13-14H,1,3-4,9-12H2. The number of anilines is 1. The highest BCUT2D eigenvalue weighted by Crippen LogP contribution is 2.38. The van der Waals surface area contributed by atoms with E-state index in [1.54, 1.807) is 12.1 Å². The molecular formula is C20H21ClN4O3S2. The second-order valence-corrected chi connectivity index (χ2v) is 11.2. The third-order valence-corrected chi connectivity index (χ3v) is 9.37. The molecule has 158 valence electrons. The number of sulfonamides is 1. The molecule has 0 bridgehead atoms. The van der Waals surface area contributed by atoms with Gasteiger partial charge in [0.1, 0.15) is 4.21 Å². The minimum absolute atomic E-state index is 0.303. The van der Waals surface area contributed by atoms with Crippen molar-refractivity contribution >= 4 is 38.6 Å². The molecule has 2 aliphatic rings. The van der Waals surface area contributed by atoms with Crippen LogP contribution >= 0.6 is 22.9 Å². The maximum Gasteiger partial charge on any atom is 0.257 e. The Balaban J connectivity index is 1.28. The summed E-state index contributed by atoms with van der Waals surface area (Å²) >= 11 is 7.26. The summed E-state index contributed by atoms with van der Waals surface area (Å²) in [5.41, 5.74) is 1.01. The van der Waals surface area contributed by atoms with E-state index in [-0.39, 0.29) is 0 Å². The Hall–Kier alpha value is -1.94. The number of hydrogen-bond acceptors (Lipinski definition) is 7. The van der Waals surface area contributed by atoms with Crippen LogP contribution in [0.5, 0.6) is 0 Å². The molecule has 10 heteroatoms. The van der Waals surface area contributed by atoms with E-state index in [1.807, 2.05) is 24.3 Å². The number of thiophene rings is 1. The lowest BCUT2D eigenvalue weighted by molar-refractivity contribution is 0.338. The average Bonchev–Trinajstić information content (AvgIpc) is 3.37. The zero-order valence-corrected chi connectivity index (χ0v) is 18.6. The van der Waals surface area contributed by atoms with E-state index in [1.165, 1.54) is 22.1 Å². The molecule has 0 atom stereocenters. The van der Waals surface area contributed by atoms with E-state index in [4.69, 9.17) is 16.0 Å². The van der Waals surface area contributed by atoms with Crippen molar-refractivity contribution in [2.75, 3.05) is 31.1 Å². The molecule has 1 saturated carbocycles. The van der Waals surface area contributed by atoms with Gasteiger partial charge in [-0.3, -0.25) is 0 Å². The fourth-order valence-electron chi connectivity index (χ4n) is 3.71. The van der Waals surface area contributed by atoms with Crippen molar-refractivity contribution < 1.29 is 12.8 Å². The Bertz CT molecular complexity index is 1150. The van der Waals surface area contributed by atoms with Crippen molar-refractivity contribution in [2.24, 2.45) is 0 Å². The Morgan fingerprint density at radius 3 is 2.57 bits per heavy atom. The van der Waals surface area contributed by atoms with Crippen molar-refractivity contribution in [3.05, 3.63) is 47.3 Å². The largest absolute Gasteiger partial charge is 0.420 e. The van der Waals surface area contributed by atoms with Crippen molar-refractivity contribution in [2.45, 2.75) is 29.4 Å². The van der Waals surface area contributed by atoms with E-state index >= 15 is 0 Å². The van der Waals surface area contributed by atoms with Crippen LogP contribution in [0.25, 0.3) is 10.8 Å². The average molecular weight is 465 g/mol. The number of hydrogen-bond donors (Lipinski definition) is 0. The van der Waals surface area contributed by atoms with Gasteiger partial charge in [-0.05, 0) is 43.2 Å². The number of piperazine rings is 1. The SMILES string of the molecule is O=S(=O)(c1ccc(-c2nnc(C3CCC3)o2)s1)N1CCN(c2cccc(Cl)c2)CC1. The Kier molecular flexibility index (Phi) is 5.30. The number of nitrogens with zero attached hydrogens (tertiary/aromatic N) is 4. The molecule has 0 unspecified atom stereocenters. The van der Waals surface area contributed by atoms with Crippen LogP contribution in [0, 0.1) is 0 Å². The molecule has 7 nitrogen and oxygen atoms in total. The topological polar surface area (TPSA) is 79.5 Å². The number of aromatic nitrogens is 2. The molecule has 0 spiro atoms. The van der Waals surface area contributed by atoms with Crippen LogP contribution in [0.2, 0.25) is 5.02 Å². The highest BCUT2D eigenvalue weighted by Gasteiger charge is 2.31. The van der Waals surface area contributed by atoms with Gasteiger partial charge in [0.15, 0.2) is 0 Å². The van der Waals surface area contributed by atoms with Crippen LogP contribution in [-0.4, -0.2) is 49.1 Å². The third kappa shape index (κ3) is 3.75. The molecule has 1 aliphatic carbocycles. The van der Waals surface area contributed by atoms with Crippen LogP contribution in [0.3, 0.4) is 0 Å². The molecule has 1 aliphatic heterocycles. The summed E-state index contributed by atoms with van der Waals surface area (Å²) in [6, 6.07) is 11.0. The maximum absolute atomic E-state index is 13.1. The normalized spacial score (nSPS) is 18.5. The summed E-state index contributed by atoms with van der Waals surface area (Å²) in [5, 5.41) is 8.93. The summed E-state index contributed by atoms with van der Waals surface area (Å²) in [6.45, 7) is 2.08. The van der Waals surface area contributed by atoms with Crippen molar-refractivity contribution in [1.29, 1.82) is 0 Å². The highest BCUT2D eigenvalue weighted by molar-refractivity contribution is 7.91. The Morgan fingerprint density at radius 1 is 1.07 bits per heavy atom. The summed E-state index contributed by atoms with van der Waals surface area (Å²) < 4.78 is 33.9. The summed E-state index contributed by atoms with van der Waals surface area (Å²) in [7, 11) is -3.56. The lowest BCUT2D eigenvalue weighted by Gasteiger charge is -2.35. The number of benzene rings is 1. The third-order valence-electron chi connectivity index (χ3n) is 5.69. The van der Waals surface area contributed by atoms with Gasteiger partial charge >= 0.3 is 0 Å². The molecule has 0 N–H and O–H groups in total. The van der Waals surface area contributed by atoms with Gasteiger partial charge in [-0.15, -0.1) is 21.5 Å². The maximum atomic E-state index is 13.1. The van der Waals surface area contributed by atoms with Crippen LogP contribution in [0.4, 0.5) is 5.69 Å². The molecule has 2 aromatic heterocycles. The predicted molar refractivity (Wildman–Crippen MR) is 117 cm³/mol. The fourth-order valence-corrected chi connectivity index (χ4v) is 6.70. The van der Waals surface area contributed by atoms with Crippen LogP contribution in [-0.2, 0) is 10.0 Å². The van der Waals surface area contributed by atoms with Gasteiger partial charge in [0.05, 0.1) is 4.88 Å². The van der Waals surface area contributed by atoms with E-state index < -0.39 is 10.0 Å². The Labute approximate surface area is 184 Å². The molecule has 3 heterocycles. The Morgan fingerprint density at radius 2 is 1.87 bits per heavy atom. The molecule has 1 aromatic carbocycles. The van der Waals surface area contributed by atoms with Gasteiger partial charge in [0, 0.05) is 42.8 Å². The molecule has 5 rings (SSSR count). The van der Waals surface area contributed by atoms with Gasteiger partial charge < -0.3 is 9.32 Å². The van der Waals surface area contributed by atoms with Crippen molar-refractivity contribution in [3.8, 4) is 10.8 Å². The molecule has 30 heavy (non-hydrogen) atoms. The van der Waals surface area contributed by atoms with Gasteiger partial charge in [-0.25, -0.2) is 8.42 Å². The first-order chi connectivity index (χ1) is 14.5. The fraction of sp³-hybridized carbons (Fsp3) is 0.400. The zero-order chi connectivity index (χ0) is 20.7. The lowest BCUT2D eigenvalue weighted by atomic mass is 9.85. The minimum atomic E-state index is -3.56. The van der Waals surface area contributed by atoms with Crippen LogP contribution < -0.4 is 4.90 Å². The van der Waals surface area contributed by atoms with Gasteiger partial charge in [-0.2, -0.15) is 4.31 Å². The first kappa shape index (κ1) is 20.0. The van der Waals surface area contributed by atoms with E-state index in [2.05, 4.69) is 15.1 Å². The summed E-state index contributed by atoms with van der Waals surface area (Å²) in [5.74, 6) is 1.41. The molecule has 2 fully saturated rings. The van der Waals surface area contributed by atoms with Gasteiger partial charge in [0.2, 0.25) is 5.89 Å². The molecule has 3 aromatic rings. The molecule has 0 amide bonds. The van der Waals surface area contributed by atoms with Gasteiger partial charge in [-0.1, -0.05) is 24.1 Å².